The molecule has 9 heteroatoms. The molecular weight excluding hydrogens is 378 g/mol. The minimum atomic E-state index is -0.170. The van der Waals surface area contributed by atoms with Crippen molar-refractivity contribution in [3.8, 4) is 17.4 Å². The first-order valence-electron chi connectivity index (χ1n) is 8.63. The maximum Gasteiger partial charge on any atom is 0.252 e. The van der Waals surface area contributed by atoms with Crippen LogP contribution in [0.3, 0.4) is 0 Å². The number of amides is 1. The number of benzene rings is 1. The molecular formula is C19H19N5O3S. The molecule has 0 fully saturated rings. The normalized spacial score (nSPS) is 16.1. The molecule has 28 heavy (non-hydrogen) atoms. The van der Waals surface area contributed by atoms with E-state index in [4.69, 9.17) is 9.47 Å². The van der Waals surface area contributed by atoms with Gasteiger partial charge in [0.2, 0.25) is 5.91 Å². The minimum absolute atomic E-state index is 0.104. The number of nitrogens with one attached hydrogen (secondary N) is 1. The van der Waals surface area contributed by atoms with Gasteiger partial charge in [-0.1, -0.05) is 12.1 Å². The standard InChI is InChI=1S/C19H19N5O3S/c1-11-15-17(12-6-4-7-13(26-2)16(12)27-3)28-10-14(25)22-18(15)24(23-11)19-20-8-5-9-21-19/h4-9,17H,10H2,1-3H3,(H,22,25)/t17-/m0/s1. The van der Waals surface area contributed by atoms with Crippen LogP contribution in [0.15, 0.2) is 36.7 Å². The number of methoxy groups -OCH3 is 2. The third-order valence-corrected chi connectivity index (χ3v) is 5.72. The van der Waals surface area contributed by atoms with Crippen molar-refractivity contribution in [2.45, 2.75) is 12.2 Å². The maximum absolute atomic E-state index is 12.4. The number of thioether (sulfide) groups is 1. The monoisotopic (exact) mass is 397 g/mol. The molecule has 144 valence electrons. The summed E-state index contributed by atoms with van der Waals surface area (Å²) in [5.74, 6) is 2.46. The Kier molecular flexibility index (Phi) is 4.91. The Morgan fingerprint density at radius 3 is 2.68 bits per heavy atom. The number of ether oxygens (including phenoxy) is 2. The van der Waals surface area contributed by atoms with Crippen molar-refractivity contribution in [1.29, 1.82) is 0 Å². The zero-order valence-corrected chi connectivity index (χ0v) is 16.5. The first-order chi connectivity index (χ1) is 13.6. The number of carbonyl (C=O) groups is 1. The van der Waals surface area contributed by atoms with Crippen LogP contribution in [0.4, 0.5) is 5.82 Å². The number of carbonyl (C=O) groups excluding carboxylic acids is 1. The largest absolute Gasteiger partial charge is 0.493 e. The number of aromatic nitrogens is 4. The van der Waals surface area contributed by atoms with Crippen molar-refractivity contribution in [2.75, 3.05) is 25.3 Å². The van der Waals surface area contributed by atoms with Gasteiger partial charge in [0.1, 0.15) is 5.82 Å². The van der Waals surface area contributed by atoms with Gasteiger partial charge in [0.05, 0.1) is 30.9 Å². The van der Waals surface area contributed by atoms with Gasteiger partial charge in [0.25, 0.3) is 5.95 Å². The quantitative estimate of drug-likeness (QED) is 0.724. The Morgan fingerprint density at radius 1 is 1.18 bits per heavy atom. The van der Waals surface area contributed by atoms with Gasteiger partial charge in [0, 0.05) is 23.5 Å². The number of anilines is 1. The average Bonchev–Trinajstić information content (AvgIpc) is 2.93. The van der Waals surface area contributed by atoms with Crippen LogP contribution in [0.25, 0.3) is 5.95 Å². The summed E-state index contributed by atoms with van der Waals surface area (Å²) in [4.78, 5) is 21.0. The number of nitrogens with zero attached hydrogens (tertiary/aromatic N) is 4. The topological polar surface area (TPSA) is 91.2 Å². The molecule has 0 radical (unpaired) electrons. The zero-order valence-electron chi connectivity index (χ0n) is 15.7. The summed E-state index contributed by atoms with van der Waals surface area (Å²) >= 11 is 1.52. The maximum atomic E-state index is 12.4. The fourth-order valence-electron chi connectivity index (χ4n) is 3.29. The van der Waals surface area contributed by atoms with E-state index >= 15 is 0 Å². The summed E-state index contributed by atoms with van der Waals surface area (Å²) in [5, 5.41) is 7.40. The van der Waals surface area contributed by atoms with E-state index in [0.717, 1.165) is 16.8 Å². The van der Waals surface area contributed by atoms with E-state index in [9.17, 15) is 4.79 Å². The summed E-state index contributed by atoms with van der Waals surface area (Å²) in [5.41, 5.74) is 2.60. The summed E-state index contributed by atoms with van der Waals surface area (Å²) in [6.45, 7) is 1.91. The van der Waals surface area contributed by atoms with Gasteiger partial charge in [-0.15, -0.1) is 11.8 Å². The highest BCUT2D eigenvalue weighted by Gasteiger charge is 2.33. The van der Waals surface area contributed by atoms with Crippen molar-refractivity contribution in [1.82, 2.24) is 19.7 Å². The van der Waals surface area contributed by atoms with Crippen molar-refractivity contribution in [3.05, 3.63) is 53.5 Å². The molecule has 0 spiro atoms. The summed E-state index contributed by atoms with van der Waals surface area (Å²) in [7, 11) is 3.22. The number of fused-ring (bicyclic) bond motifs is 1. The van der Waals surface area contributed by atoms with Gasteiger partial charge in [-0.05, 0) is 19.1 Å². The number of rotatable bonds is 4. The lowest BCUT2D eigenvalue weighted by Crippen LogP contribution is -2.16. The molecule has 0 aliphatic carbocycles. The Hall–Kier alpha value is -3.07. The Labute approximate surface area is 166 Å². The van der Waals surface area contributed by atoms with Gasteiger partial charge >= 0.3 is 0 Å². The molecule has 0 bridgehead atoms. The number of hydrogen-bond acceptors (Lipinski definition) is 7. The van der Waals surface area contributed by atoms with Gasteiger partial charge in [-0.3, -0.25) is 4.79 Å². The van der Waals surface area contributed by atoms with E-state index in [-0.39, 0.29) is 11.2 Å². The van der Waals surface area contributed by atoms with Crippen LogP contribution in [0, 0.1) is 6.92 Å². The van der Waals surface area contributed by atoms with Crippen LogP contribution in [-0.4, -0.2) is 45.6 Å². The first-order valence-corrected chi connectivity index (χ1v) is 9.68. The van der Waals surface area contributed by atoms with E-state index in [0.29, 0.717) is 29.0 Å². The van der Waals surface area contributed by atoms with Crippen molar-refractivity contribution in [3.63, 3.8) is 0 Å². The highest BCUT2D eigenvalue weighted by Crippen LogP contribution is 2.48. The SMILES string of the molecule is COc1cccc([C@@H]2SCC(=O)Nc3c2c(C)nn3-c2ncccn2)c1OC. The molecule has 4 rings (SSSR count). The molecule has 3 heterocycles. The predicted molar refractivity (Wildman–Crippen MR) is 106 cm³/mol. The molecule has 1 atom stereocenters. The third-order valence-electron chi connectivity index (χ3n) is 4.47. The lowest BCUT2D eigenvalue weighted by atomic mass is 10.0. The summed E-state index contributed by atoms with van der Waals surface area (Å²) in [6.07, 6.45) is 3.28. The van der Waals surface area contributed by atoms with Crippen LogP contribution >= 0.6 is 11.8 Å². The summed E-state index contributed by atoms with van der Waals surface area (Å²) < 4.78 is 12.7. The molecule has 0 saturated heterocycles. The van der Waals surface area contributed by atoms with E-state index in [1.807, 2.05) is 25.1 Å². The molecule has 1 amide bonds. The molecule has 1 aliphatic heterocycles. The second-order valence-electron chi connectivity index (χ2n) is 6.13. The average molecular weight is 397 g/mol. The van der Waals surface area contributed by atoms with Crippen LogP contribution in [0.5, 0.6) is 11.5 Å². The molecule has 3 aromatic rings. The van der Waals surface area contributed by atoms with E-state index in [2.05, 4.69) is 20.4 Å². The molecule has 1 aliphatic rings. The van der Waals surface area contributed by atoms with Crippen LogP contribution < -0.4 is 14.8 Å². The smallest absolute Gasteiger partial charge is 0.252 e. The second-order valence-corrected chi connectivity index (χ2v) is 7.22. The lowest BCUT2D eigenvalue weighted by molar-refractivity contribution is -0.113. The first kappa shape index (κ1) is 18.3. The summed E-state index contributed by atoms with van der Waals surface area (Å²) in [6, 6.07) is 7.48. The number of aryl methyl sites for hydroxylation is 1. The lowest BCUT2D eigenvalue weighted by Gasteiger charge is -2.20. The zero-order chi connectivity index (χ0) is 19.7. The van der Waals surface area contributed by atoms with E-state index < -0.39 is 0 Å². The molecule has 8 nitrogen and oxygen atoms in total. The Balaban J connectivity index is 1.92. The van der Waals surface area contributed by atoms with Gasteiger partial charge < -0.3 is 14.8 Å². The molecule has 0 unspecified atom stereocenters. The van der Waals surface area contributed by atoms with E-state index in [1.165, 1.54) is 11.8 Å². The molecule has 1 N–H and O–H groups in total. The van der Waals surface area contributed by atoms with Gasteiger partial charge in [-0.25, -0.2) is 9.97 Å². The molecule has 2 aromatic heterocycles. The number of hydrogen-bond donors (Lipinski definition) is 1. The van der Waals surface area contributed by atoms with Gasteiger partial charge in [0.15, 0.2) is 11.5 Å². The highest BCUT2D eigenvalue weighted by atomic mass is 32.2. The Bertz CT molecular complexity index is 1020. The molecule has 0 saturated carbocycles. The van der Waals surface area contributed by atoms with Crippen LogP contribution in [0.1, 0.15) is 22.1 Å². The van der Waals surface area contributed by atoms with Crippen LogP contribution in [0.2, 0.25) is 0 Å². The third kappa shape index (κ3) is 3.07. The highest BCUT2D eigenvalue weighted by molar-refractivity contribution is 8.00. The molecule has 1 aromatic carbocycles. The predicted octanol–water partition coefficient (Wildman–Crippen LogP) is 2.76. The minimum Gasteiger partial charge on any atom is -0.493 e. The second kappa shape index (κ2) is 7.51. The fraction of sp³-hybridized carbons (Fsp3) is 0.263. The van der Waals surface area contributed by atoms with Crippen molar-refractivity contribution in [2.24, 2.45) is 0 Å². The fourth-order valence-corrected chi connectivity index (χ4v) is 4.50. The van der Waals surface area contributed by atoms with Crippen molar-refractivity contribution >= 4 is 23.5 Å². The van der Waals surface area contributed by atoms with Gasteiger partial charge in [-0.2, -0.15) is 9.78 Å². The van der Waals surface area contributed by atoms with E-state index in [1.54, 1.807) is 37.4 Å². The Morgan fingerprint density at radius 2 is 1.96 bits per heavy atom. The number of para-hydroxylation sites is 1. The van der Waals surface area contributed by atoms with Crippen LogP contribution in [-0.2, 0) is 4.79 Å². The van der Waals surface area contributed by atoms with Crippen molar-refractivity contribution < 1.29 is 14.3 Å².